The lowest BCUT2D eigenvalue weighted by atomic mass is 10.4. The monoisotopic (exact) mass is 177 g/mol. The maximum atomic E-state index is 5.39. The number of nitrogens with two attached hydrogens (primary N) is 2. The fourth-order valence-corrected chi connectivity index (χ4v) is 0.660. The van der Waals surface area contributed by atoms with Crippen LogP contribution >= 0.6 is 0 Å². The molecule has 4 N–H and O–H groups in total. The normalized spacial score (nSPS) is 12.2. The fourth-order valence-electron chi connectivity index (χ4n) is 0.660. The minimum Gasteiger partial charge on any atom is -0.387 e. The Bertz CT molecular complexity index is 321. The maximum absolute atomic E-state index is 5.39. The summed E-state index contributed by atoms with van der Waals surface area (Å²) in [6.45, 7) is 1.69. The minimum atomic E-state index is 0.465. The number of hydrogen-bond donors (Lipinski definition) is 2. The lowest BCUT2D eigenvalue weighted by Crippen LogP contribution is -2.04. The number of aliphatic imine (C=N–C) groups is 2. The molecule has 0 aromatic carbocycles. The lowest BCUT2D eigenvalue weighted by Gasteiger charge is -1.92. The maximum Gasteiger partial charge on any atom is 0.123 e. The topological polar surface area (TPSA) is 89.6 Å². The molecule has 0 unspecified atom stereocenters. The summed E-state index contributed by atoms with van der Waals surface area (Å²) in [5.41, 5.74) is 11.4. The van der Waals surface area contributed by atoms with E-state index in [1.807, 2.05) is 0 Å². The van der Waals surface area contributed by atoms with Gasteiger partial charge in [-0.15, -0.1) is 0 Å². The number of pyridine rings is 1. The molecule has 13 heavy (non-hydrogen) atoms. The van der Waals surface area contributed by atoms with E-state index in [0.29, 0.717) is 17.3 Å². The van der Waals surface area contributed by atoms with E-state index >= 15 is 0 Å². The molecule has 0 atom stereocenters. The van der Waals surface area contributed by atoms with Crippen LogP contribution in [-0.2, 0) is 0 Å². The Morgan fingerprint density at radius 3 is 2.85 bits per heavy atom. The highest BCUT2D eigenvalue weighted by molar-refractivity contribution is 5.85. The zero-order chi connectivity index (χ0) is 9.68. The molecule has 0 radical (unpaired) electrons. The highest BCUT2D eigenvalue weighted by Gasteiger charge is 1.87. The highest BCUT2D eigenvalue weighted by Crippen LogP contribution is 2.09. The largest absolute Gasteiger partial charge is 0.387 e. The summed E-state index contributed by atoms with van der Waals surface area (Å²) >= 11 is 0. The second kappa shape index (κ2) is 4.20. The minimum absolute atomic E-state index is 0.465. The zero-order valence-corrected chi connectivity index (χ0v) is 7.31. The summed E-state index contributed by atoms with van der Waals surface area (Å²) in [6.07, 6.45) is 2.94. The Kier molecular flexibility index (Phi) is 2.97. The van der Waals surface area contributed by atoms with Gasteiger partial charge >= 0.3 is 0 Å². The third kappa shape index (κ3) is 3.33. The first-order valence-electron chi connectivity index (χ1n) is 3.72. The van der Waals surface area contributed by atoms with Gasteiger partial charge < -0.3 is 11.5 Å². The molecule has 0 aliphatic rings. The van der Waals surface area contributed by atoms with Gasteiger partial charge in [0.05, 0.1) is 17.7 Å². The van der Waals surface area contributed by atoms with Gasteiger partial charge in [0.15, 0.2) is 0 Å². The van der Waals surface area contributed by atoms with E-state index in [1.54, 1.807) is 25.3 Å². The smallest absolute Gasteiger partial charge is 0.123 e. The quantitative estimate of drug-likeness (QED) is 0.514. The van der Waals surface area contributed by atoms with Gasteiger partial charge in [-0.05, 0) is 19.1 Å². The molecule has 1 heterocycles. The summed E-state index contributed by atoms with van der Waals surface area (Å²) in [6, 6.07) is 3.42. The number of hydrogen-bond acceptors (Lipinski definition) is 3. The van der Waals surface area contributed by atoms with Crippen LogP contribution in [0.25, 0.3) is 0 Å². The molecule has 5 heteroatoms. The van der Waals surface area contributed by atoms with E-state index in [9.17, 15) is 0 Å². The van der Waals surface area contributed by atoms with Crippen LogP contribution in [0, 0.1) is 0 Å². The van der Waals surface area contributed by atoms with Crippen LogP contribution in [0.5, 0.6) is 0 Å². The molecule has 0 saturated heterocycles. The Labute approximate surface area is 76.2 Å². The van der Waals surface area contributed by atoms with Gasteiger partial charge in [-0.3, -0.25) is 0 Å². The molecule has 0 aliphatic heterocycles. The van der Waals surface area contributed by atoms with Crippen molar-refractivity contribution >= 4 is 23.7 Å². The average molecular weight is 177 g/mol. The van der Waals surface area contributed by atoms with Gasteiger partial charge in [0.2, 0.25) is 0 Å². The van der Waals surface area contributed by atoms with Gasteiger partial charge in [0, 0.05) is 0 Å². The predicted octanol–water partition coefficient (Wildman–Crippen LogP) is 0.701. The van der Waals surface area contributed by atoms with Crippen molar-refractivity contribution in [3.63, 3.8) is 0 Å². The van der Waals surface area contributed by atoms with Crippen LogP contribution in [-0.4, -0.2) is 17.2 Å². The molecular formula is C8H11N5. The molecule has 0 fully saturated rings. The summed E-state index contributed by atoms with van der Waals surface area (Å²) in [5.74, 6) is 0.935. The molecule has 1 aromatic rings. The van der Waals surface area contributed by atoms with E-state index in [-0.39, 0.29) is 0 Å². The first-order valence-corrected chi connectivity index (χ1v) is 3.72. The molecule has 5 nitrogen and oxygen atoms in total. The first-order chi connectivity index (χ1) is 6.18. The summed E-state index contributed by atoms with van der Waals surface area (Å²) in [5, 5.41) is 0. The van der Waals surface area contributed by atoms with Crippen molar-refractivity contribution in [3.8, 4) is 0 Å². The van der Waals surface area contributed by atoms with E-state index in [0.717, 1.165) is 0 Å². The van der Waals surface area contributed by atoms with E-state index in [2.05, 4.69) is 15.0 Å². The molecular weight excluding hydrogens is 166 g/mol. The Hall–Kier alpha value is -1.91. The fraction of sp³-hybridized carbons (Fsp3) is 0.125. The van der Waals surface area contributed by atoms with Crippen LogP contribution in [0.2, 0.25) is 0 Å². The Morgan fingerprint density at radius 1 is 1.54 bits per heavy atom. The Morgan fingerprint density at radius 2 is 2.31 bits per heavy atom. The van der Waals surface area contributed by atoms with Crippen LogP contribution in [0.1, 0.15) is 6.92 Å². The van der Waals surface area contributed by atoms with Crippen LogP contribution in [0.4, 0.5) is 11.5 Å². The lowest BCUT2D eigenvalue weighted by molar-refractivity contribution is 1.31. The number of amidine groups is 1. The third-order valence-electron chi connectivity index (χ3n) is 1.24. The molecule has 0 bridgehead atoms. The number of nitrogens with zero attached hydrogens (tertiary/aromatic N) is 3. The van der Waals surface area contributed by atoms with Gasteiger partial charge in [-0.25, -0.2) is 15.0 Å². The van der Waals surface area contributed by atoms with Gasteiger partial charge in [-0.1, -0.05) is 0 Å². The summed E-state index contributed by atoms with van der Waals surface area (Å²) < 4.78 is 0. The summed E-state index contributed by atoms with van der Waals surface area (Å²) in [7, 11) is 0. The second-order valence-electron chi connectivity index (χ2n) is 2.46. The molecule has 0 saturated carbocycles. The third-order valence-corrected chi connectivity index (χ3v) is 1.24. The molecule has 68 valence electrons. The van der Waals surface area contributed by atoms with Gasteiger partial charge in [0.1, 0.15) is 12.2 Å². The Balaban J connectivity index is 2.70. The average Bonchev–Trinajstić information content (AvgIpc) is 2.08. The number of anilines is 1. The standard InChI is InChI=1S/C8H11N5/c1-6(9)12-5-13-7-2-3-8(10)11-4-7/h2-5H,1H3,(H2,10,11)(H2,9,12,13). The van der Waals surface area contributed by atoms with Crippen molar-refractivity contribution in [1.82, 2.24) is 4.98 Å². The second-order valence-corrected chi connectivity index (χ2v) is 2.46. The van der Waals surface area contributed by atoms with Crippen molar-refractivity contribution < 1.29 is 0 Å². The van der Waals surface area contributed by atoms with Crippen molar-refractivity contribution in [1.29, 1.82) is 0 Å². The number of aromatic nitrogens is 1. The van der Waals surface area contributed by atoms with Crippen molar-refractivity contribution in [2.45, 2.75) is 6.92 Å². The van der Waals surface area contributed by atoms with E-state index in [4.69, 9.17) is 11.5 Å². The SMILES string of the molecule is CC(N)=NC=Nc1ccc(N)nc1. The van der Waals surface area contributed by atoms with E-state index in [1.165, 1.54) is 6.34 Å². The molecule has 1 aromatic heterocycles. The van der Waals surface area contributed by atoms with Crippen molar-refractivity contribution in [2.24, 2.45) is 15.7 Å². The molecule has 1 rings (SSSR count). The highest BCUT2D eigenvalue weighted by atomic mass is 14.9. The van der Waals surface area contributed by atoms with Crippen molar-refractivity contribution in [3.05, 3.63) is 18.3 Å². The number of nitrogen functional groups attached to an aromatic ring is 1. The number of rotatable bonds is 2. The van der Waals surface area contributed by atoms with Crippen molar-refractivity contribution in [2.75, 3.05) is 5.73 Å². The predicted molar refractivity (Wildman–Crippen MR) is 54.1 cm³/mol. The van der Waals surface area contributed by atoms with Gasteiger partial charge in [0.25, 0.3) is 0 Å². The van der Waals surface area contributed by atoms with Crippen LogP contribution in [0.3, 0.4) is 0 Å². The van der Waals surface area contributed by atoms with Crippen LogP contribution in [0.15, 0.2) is 28.3 Å². The van der Waals surface area contributed by atoms with Crippen LogP contribution < -0.4 is 11.5 Å². The first kappa shape index (κ1) is 9.18. The van der Waals surface area contributed by atoms with E-state index < -0.39 is 0 Å². The summed E-state index contributed by atoms with van der Waals surface area (Å²) in [4.78, 5) is 11.6. The molecule has 0 amide bonds. The molecule has 0 aliphatic carbocycles. The molecule has 0 spiro atoms. The zero-order valence-electron chi connectivity index (χ0n) is 7.31. The van der Waals surface area contributed by atoms with Gasteiger partial charge in [-0.2, -0.15) is 0 Å².